The van der Waals surface area contributed by atoms with Gasteiger partial charge in [-0.05, 0) is 31.6 Å². The van der Waals surface area contributed by atoms with E-state index in [2.05, 4.69) is 0 Å². The number of fused-ring (bicyclic) bond motifs is 1. The highest BCUT2D eigenvalue weighted by Gasteiger charge is 2.32. The summed E-state index contributed by atoms with van der Waals surface area (Å²) in [5, 5.41) is 0.907. The van der Waals surface area contributed by atoms with Crippen LogP contribution in [-0.4, -0.2) is 23.3 Å². The number of thiazole rings is 1. The number of halogens is 1. The van der Waals surface area contributed by atoms with Crippen LogP contribution in [0.5, 0.6) is 0 Å². The summed E-state index contributed by atoms with van der Waals surface area (Å²) in [7, 11) is 0. The smallest absolute Gasteiger partial charge is 0.229 e. The van der Waals surface area contributed by atoms with E-state index in [4.69, 9.17) is 16.6 Å². The summed E-state index contributed by atoms with van der Waals surface area (Å²) < 4.78 is 0. The maximum Gasteiger partial charge on any atom is 0.229 e. The predicted octanol–water partition coefficient (Wildman–Crippen LogP) is 3.39. The van der Waals surface area contributed by atoms with Crippen LogP contribution in [0.3, 0.4) is 0 Å². The molecule has 0 spiro atoms. The molecule has 0 saturated carbocycles. The van der Waals surface area contributed by atoms with Crippen LogP contribution in [0.2, 0.25) is 0 Å². The standard InChI is InChI=1S/C14H19ClN2OS/c15-8-10-7-13(18)17(9-10)14-16-11-5-3-1-2-4-6-12(11)19-14/h10H,1-9H2. The Morgan fingerprint density at radius 3 is 2.79 bits per heavy atom. The Bertz CT molecular complexity index is 449. The van der Waals surface area contributed by atoms with Gasteiger partial charge in [0, 0.05) is 23.7 Å². The van der Waals surface area contributed by atoms with Crippen molar-refractivity contribution >= 4 is 34.0 Å². The maximum absolute atomic E-state index is 12.0. The van der Waals surface area contributed by atoms with Crippen molar-refractivity contribution in [1.29, 1.82) is 0 Å². The van der Waals surface area contributed by atoms with Crippen molar-refractivity contribution in [3.8, 4) is 0 Å². The SMILES string of the molecule is O=C1CC(CCl)CN1c1nc2c(s1)CCCCCC2. The molecule has 1 aromatic heterocycles. The van der Waals surface area contributed by atoms with E-state index in [9.17, 15) is 4.79 Å². The zero-order valence-corrected chi connectivity index (χ0v) is 12.6. The van der Waals surface area contributed by atoms with E-state index in [0.29, 0.717) is 18.2 Å². The summed E-state index contributed by atoms with van der Waals surface area (Å²) in [6.45, 7) is 0.745. The predicted molar refractivity (Wildman–Crippen MR) is 79.2 cm³/mol. The number of amides is 1. The molecule has 3 rings (SSSR count). The van der Waals surface area contributed by atoms with Gasteiger partial charge in [0.1, 0.15) is 0 Å². The Morgan fingerprint density at radius 1 is 1.26 bits per heavy atom. The van der Waals surface area contributed by atoms with Crippen LogP contribution in [0.25, 0.3) is 0 Å². The van der Waals surface area contributed by atoms with Crippen LogP contribution in [0, 0.1) is 5.92 Å². The molecule has 2 aliphatic rings. The molecule has 0 radical (unpaired) electrons. The Labute approximate surface area is 123 Å². The lowest BCUT2D eigenvalue weighted by Crippen LogP contribution is -2.24. The van der Waals surface area contributed by atoms with Crippen LogP contribution < -0.4 is 4.90 Å². The highest BCUT2D eigenvalue weighted by molar-refractivity contribution is 7.16. The van der Waals surface area contributed by atoms with Crippen molar-refractivity contribution in [2.24, 2.45) is 5.92 Å². The second-order valence-corrected chi connectivity index (χ2v) is 6.88. The lowest BCUT2D eigenvalue weighted by Gasteiger charge is -2.11. The topological polar surface area (TPSA) is 33.2 Å². The highest BCUT2D eigenvalue weighted by atomic mass is 35.5. The number of carbonyl (C=O) groups is 1. The zero-order valence-electron chi connectivity index (χ0n) is 11.0. The fourth-order valence-corrected chi connectivity index (χ4v) is 4.26. The third-order valence-electron chi connectivity index (χ3n) is 3.99. The quantitative estimate of drug-likeness (QED) is 0.784. The van der Waals surface area contributed by atoms with Gasteiger partial charge in [-0.2, -0.15) is 0 Å². The minimum atomic E-state index is 0.187. The first-order chi connectivity index (χ1) is 9.28. The summed E-state index contributed by atoms with van der Waals surface area (Å²) in [4.78, 5) is 20.0. The van der Waals surface area contributed by atoms with Gasteiger partial charge in [0.25, 0.3) is 0 Å². The molecule has 3 nitrogen and oxygen atoms in total. The molecule has 1 saturated heterocycles. The molecule has 0 bridgehead atoms. The molecule has 5 heteroatoms. The van der Waals surface area contributed by atoms with E-state index >= 15 is 0 Å². The average molecular weight is 299 g/mol. The van der Waals surface area contributed by atoms with Gasteiger partial charge < -0.3 is 0 Å². The Morgan fingerprint density at radius 2 is 2.05 bits per heavy atom. The van der Waals surface area contributed by atoms with E-state index in [1.165, 1.54) is 36.3 Å². The monoisotopic (exact) mass is 298 g/mol. The molecule has 1 atom stereocenters. The van der Waals surface area contributed by atoms with Gasteiger partial charge in [0.2, 0.25) is 5.91 Å². The van der Waals surface area contributed by atoms with Crippen LogP contribution in [0.1, 0.15) is 42.7 Å². The first-order valence-electron chi connectivity index (χ1n) is 7.13. The number of alkyl halides is 1. The van der Waals surface area contributed by atoms with Gasteiger partial charge in [0.05, 0.1) is 5.69 Å². The molecule has 19 heavy (non-hydrogen) atoms. The van der Waals surface area contributed by atoms with E-state index in [-0.39, 0.29) is 5.91 Å². The van der Waals surface area contributed by atoms with Gasteiger partial charge in [-0.3, -0.25) is 9.69 Å². The fourth-order valence-electron chi connectivity index (χ4n) is 2.88. The summed E-state index contributed by atoms with van der Waals surface area (Å²) in [6.07, 6.45) is 7.91. The van der Waals surface area contributed by atoms with E-state index in [1.807, 2.05) is 4.90 Å². The number of hydrogen-bond donors (Lipinski definition) is 0. The zero-order chi connectivity index (χ0) is 13.2. The molecule has 1 fully saturated rings. The van der Waals surface area contributed by atoms with Crippen molar-refractivity contribution in [1.82, 2.24) is 4.98 Å². The number of anilines is 1. The third-order valence-corrected chi connectivity index (χ3v) is 5.61. The largest absolute Gasteiger partial charge is 0.288 e. The van der Waals surface area contributed by atoms with Crippen molar-refractivity contribution in [2.75, 3.05) is 17.3 Å². The van der Waals surface area contributed by atoms with E-state index in [0.717, 1.165) is 24.5 Å². The van der Waals surface area contributed by atoms with Gasteiger partial charge in [-0.25, -0.2) is 4.98 Å². The normalized spacial score (nSPS) is 24.2. The van der Waals surface area contributed by atoms with Crippen LogP contribution in [0.4, 0.5) is 5.13 Å². The van der Waals surface area contributed by atoms with Gasteiger partial charge >= 0.3 is 0 Å². The van der Waals surface area contributed by atoms with Crippen molar-refractivity contribution in [2.45, 2.75) is 44.9 Å². The lowest BCUT2D eigenvalue weighted by atomic mass is 10.0. The third kappa shape index (κ3) is 2.79. The summed E-state index contributed by atoms with van der Waals surface area (Å²) in [6, 6.07) is 0. The summed E-state index contributed by atoms with van der Waals surface area (Å²) in [5.74, 6) is 1.04. The van der Waals surface area contributed by atoms with Gasteiger partial charge in [0.15, 0.2) is 5.13 Å². The number of aryl methyl sites for hydroxylation is 2. The van der Waals surface area contributed by atoms with Crippen molar-refractivity contribution in [3.05, 3.63) is 10.6 Å². The number of nitrogens with zero attached hydrogens (tertiary/aromatic N) is 2. The minimum Gasteiger partial charge on any atom is -0.288 e. The van der Waals surface area contributed by atoms with Gasteiger partial charge in [-0.15, -0.1) is 22.9 Å². The first-order valence-corrected chi connectivity index (χ1v) is 8.48. The molecule has 1 amide bonds. The molecule has 1 aliphatic heterocycles. The Hall–Kier alpha value is -0.610. The molecule has 0 aromatic carbocycles. The van der Waals surface area contributed by atoms with E-state index in [1.54, 1.807) is 11.3 Å². The Balaban J connectivity index is 1.82. The molecule has 1 aromatic rings. The second kappa shape index (κ2) is 5.80. The molecular formula is C14H19ClN2OS. The molecule has 104 valence electrons. The van der Waals surface area contributed by atoms with Crippen molar-refractivity contribution in [3.63, 3.8) is 0 Å². The molecule has 2 heterocycles. The average Bonchev–Trinajstić information content (AvgIpc) is 2.93. The number of carbonyl (C=O) groups excluding carboxylic acids is 1. The van der Waals surface area contributed by atoms with Gasteiger partial charge in [-0.1, -0.05) is 12.8 Å². The van der Waals surface area contributed by atoms with E-state index < -0.39 is 0 Å². The molecule has 1 unspecified atom stereocenters. The molecular weight excluding hydrogens is 280 g/mol. The molecule has 0 N–H and O–H groups in total. The summed E-state index contributed by atoms with van der Waals surface area (Å²) in [5.41, 5.74) is 1.24. The maximum atomic E-state index is 12.0. The van der Waals surface area contributed by atoms with Crippen LogP contribution >= 0.6 is 22.9 Å². The van der Waals surface area contributed by atoms with Crippen LogP contribution in [-0.2, 0) is 17.6 Å². The molecule has 1 aliphatic carbocycles. The Kier molecular flexibility index (Phi) is 4.08. The first kappa shape index (κ1) is 13.4. The number of rotatable bonds is 2. The highest BCUT2D eigenvalue weighted by Crippen LogP contribution is 2.34. The number of aromatic nitrogens is 1. The number of hydrogen-bond acceptors (Lipinski definition) is 3. The second-order valence-electron chi connectivity index (χ2n) is 5.51. The van der Waals surface area contributed by atoms with Crippen molar-refractivity contribution < 1.29 is 4.79 Å². The van der Waals surface area contributed by atoms with Crippen LogP contribution in [0.15, 0.2) is 0 Å². The summed E-state index contributed by atoms with van der Waals surface area (Å²) >= 11 is 7.60. The minimum absolute atomic E-state index is 0.187. The fraction of sp³-hybridized carbons (Fsp3) is 0.714. The lowest BCUT2D eigenvalue weighted by molar-refractivity contribution is -0.117.